The van der Waals surface area contributed by atoms with Gasteiger partial charge in [-0.1, -0.05) is 45.0 Å². The smallest absolute Gasteiger partial charge is 0.335 e. The molecule has 0 amide bonds. The third kappa shape index (κ3) is 8.72. The molecule has 3 aromatic rings. The Kier molecular flexibility index (Phi) is 12.5. The molecule has 0 fully saturated rings. The van der Waals surface area contributed by atoms with E-state index in [2.05, 4.69) is 35.7 Å². The second-order valence-electron chi connectivity index (χ2n) is 8.79. The van der Waals surface area contributed by atoms with Crippen LogP contribution >= 0.6 is 11.9 Å². The summed E-state index contributed by atoms with van der Waals surface area (Å²) in [5.41, 5.74) is 11.4. The first-order chi connectivity index (χ1) is 18.2. The van der Waals surface area contributed by atoms with E-state index in [-0.39, 0.29) is 24.3 Å². The number of nitrogens with two attached hydrogens (primary N) is 1. The third-order valence-electron chi connectivity index (χ3n) is 5.46. The lowest BCUT2D eigenvalue weighted by Crippen LogP contribution is -2.34. The molecule has 1 unspecified atom stereocenters. The maximum Gasteiger partial charge on any atom is 0.335 e. The largest absolute Gasteiger partial charge is 0.478 e. The summed E-state index contributed by atoms with van der Waals surface area (Å²) in [6, 6.07) is 12.5. The Bertz CT molecular complexity index is 1180. The van der Waals surface area contributed by atoms with Gasteiger partial charge >= 0.3 is 5.97 Å². The normalized spacial score (nSPS) is 11.5. The van der Waals surface area contributed by atoms with E-state index in [0.717, 1.165) is 32.8 Å². The highest BCUT2D eigenvalue weighted by Crippen LogP contribution is 2.35. The molecule has 1 heterocycles. The molecule has 38 heavy (non-hydrogen) atoms. The summed E-state index contributed by atoms with van der Waals surface area (Å²) in [5, 5.41) is 9.29. The molecule has 3 rings (SSSR count). The molecule has 0 radical (unpaired) electrons. The summed E-state index contributed by atoms with van der Waals surface area (Å²) >= 11 is 1.24. The van der Waals surface area contributed by atoms with Crippen molar-refractivity contribution in [3.05, 3.63) is 64.7 Å². The second-order valence-corrected chi connectivity index (χ2v) is 9.67. The Morgan fingerprint density at radius 3 is 2.34 bits per heavy atom. The van der Waals surface area contributed by atoms with Crippen molar-refractivity contribution in [1.29, 1.82) is 0 Å². The van der Waals surface area contributed by atoms with Gasteiger partial charge in [0, 0.05) is 16.0 Å². The van der Waals surface area contributed by atoms with Gasteiger partial charge in [-0.2, -0.15) is 4.98 Å². The fourth-order valence-corrected chi connectivity index (χ4v) is 4.32. The van der Waals surface area contributed by atoms with Gasteiger partial charge in [-0.05, 0) is 75.4 Å². The van der Waals surface area contributed by atoms with Crippen LogP contribution in [0, 0.1) is 13.8 Å². The Morgan fingerprint density at radius 2 is 1.74 bits per heavy atom. The first-order valence-electron chi connectivity index (χ1n) is 12.9. The highest BCUT2D eigenvalue weighted by atomic mass is 32.2. The van der Waals surface area contributed by atoms with Crippen molar-refractivity contribution in [3.63, 3.8) is 0 Å². The summed E-state index contributed by atoms with van der Waals surface area (Å²) in [7, 11) is 0. The number of aromatic carboxylic acids is 1. The summed E-state index contributed by atoms with van der Waals surface area (Å²) < 4.78 is 14.9. The highest BCUT2D eigenvalue weighted by Gasteiger charge is 2.20. The molecule has 0 saturated carbocycles. The molecule has 0 aliphatic heterocycles. The lowest BCUT2D eigenvalue weighted by Gasteiger charge is -2.20. The molecule has 2 aromatic carbocycles. The predicted octanol–water partition coefficient (Wildman–Crippen LogP) is 6.30. The van der Waals surface area contributed by atoms with Crippen LogP contribution in [-0.4, -0.2) is 46.4 Å². The molecule has 206 valence electrons. The number of nitrogens with zero attached hydrogens (tertiary/aromatic N) is 2. The van der Waals surface area contributed by atoms with E-state index in [1.165, 1.54) is 11.9 Å². The van der Waals surface area contributed by atoms with Gasteiger partial charge in [0.2, 0.25) is 11.8 Å². The maximum absolute atomic E-state index is 11.3. The van der Waals surface area contributed by atoms with Gasteiger partial charge in [0.25, 0.3) is 0 Å². The molecule has 0 aliphatic rings. The van der Waals surface area contributed by atoms with Gasteiger partial charge in [0.1, 0.15) is 6.61 Å². The molecule has 8 nitrogen and oxygen atoms in total. The Balaban J connectivity index is 0.00000247. The minimum atomic E-state index is -0.980. The topological polar surface area (TPSA) is 120 Å². The number of aromatic nitrogens is 2. The third-order valence-corrected chi connectivity index (χ3v) is 6.23. The Hall–Kier alpha value is -3.14. The molecule has 4 N–H and O–H groups in total. The van der Waals surface area contributed by atoms with E-state index in [4.69, 9.17) is 20.2 Å². The van der Waals surface area contributed by atoms with Crippen molar-refractivity contribution in [2.24, 2.45) is 5.73 Å². The van der Waals surface area contributed by atoms with Gasteiger partial charge in [0.05, 0.1) is 30.0 Å². The van der Waals surface area contributed by atoms with E-state index in [0.29, 0.717) is 24.9 Å². The van der Waals surface area contributed by atoms with Crippen LogP contribution in [0.2, 0.25) is 0 Å². The average molecular weight is 541 g/mol. The van der Waals surface area contributed by atoms with Gasteiger partial charge in [-0.3, -0.25) is 4.72 Å². The monoisotopic (exact) mass is 540 g/mol. The van der Waals surface area contributed by atoms with Crippen LogP contribution in [0.15, 0.2) is 47.4 Å². The van der Waals surface area contributed by atoms with E-state index < -0.39 is 5.97 Å². The quantitative estimate of drug-likeness (QED) is 0.227. The summed E-state index contributed by atoms with van der Waals surface area (Å²) in [6.07, 6.45) is 0.758. The van der Waals surface area contributed by atoms with E-state index in [9.17, 15) is 9.90 Å². The number of hydrogen-bond donors (Lipinski definition) is 3. The zero-order valence-electron chi connectivity index (χ0n) is 23.4. The van der Waals surface area contributed by atoms with Crippen molar-refractivity contribution in [1.82, 2.24) is 9.97 Å². The van der Waals surface area contributed by atoms with Crippen molar-refractivity contribution >= 4 is 23.9 Å². The van der Waals surface area contributed by atoms with Crippen LogP contribution < -0.4 is 15.2 Å². The molecule has 0 bridgehead atoms. The number of carbonyl (C=O) groups is 1. The van der Waals surface area contributed by atoms with E-state index in [1.54, 1.807) is 18.2 Å². The number of nitrogens with one attached hydrogen (secondary N) is 1. The Morgan fingerprint density at radius 1 is 1.08 bits per heavy atom. The molecule has 0 spiro atoms. The van der Waals surface area contributed by atoms with Crippen molar-refractivity contribution < 1.29 is 19.4 Å². The van der Waals surface area contributed by atoms with Crippen LogP contribution in [-0.2, 0) is 11.2 Å². The first-order valence-corrected chi connectivity index (χ1v) is 13.7. The van der Waals surface area contributed by atoms with Crippen molar-refractivity contribution in [2.75, 3.05) is 17.9 Å². The van der Waals surface area contributed by atoms with Crippen LogP contribution in [0.25, 0.3) is 11.3 Å². The first kappa shape index (κ1) is 31.1. The van der Waals surface area contributed by atoms with E-state index in [1.807, 2.05) is 46.8 Å². The number of carboxylic acid groups (broad SMARTS) is 1. The van der Waals surface area contributed by atoms with Crippen LogP contribution in [0.4, 0.5) is 5.95 Å². The number of carboxylic acids is 1. The molecule has 1 atom stereocenters. The zero-order chi connectivity index (χ0) is 28.2. The van der Waals surface area contributed by atoms with Crippen LogP contribution in [0.1, 0.15) is 61.7 Å². The highest BCUT2D eigenvalue weighted by molar-refractivity contribution is 8.00. The van der Waals surface area contributed by atoms with Crippen LogP contribution in [0.5, 0.6) is 5.88 Å². The van der Waals surface area contributed by atoms with E-state index >= 15 is 0 Å². The number of benzene rings is 2. The van der Waals surface area contributed by atoms with Gasteiger partial charge in [-0.15, -0.1) is 0 Å². The van der Waals surface area contributed by atoms with Crippen molar-refractivity contribution in [3.8, 4) is 17.1 Å². The molecule has 1 aromatic heterocycles. The summed E-state index contributed by atoms with van der Waals surface area (Å²) in [6.45, 7) is 14.7. The predicted molar refractivity (Wildman–Crippen MR) is 155 cm³/mol. The lowest BCUT2D eigenvalue weighted by atomic mass is 9.96. The van der Waals surface area contributed by atoms with Crippen molar-refractivity contribution in [2.45, 2.75) is 71.9 Å². The SMILES string of the molecule is CC.CCc1c(OCC(N)COC(C)C)nc(NSc2cccc(C(=O)O)c2)nc1-c1c(C)cccc1C. The number of hydrogen-bond acceptors (Lipinski definition) is 8. The fraction of sp³-hybridized carbons (Fsp3) is 0.414. The number of anilines is 1. The minimum Gasteiger partial charge on any atom is -0.478 e. The molecular formula is C29H40N4O4S. The number of rotatable bonds is 12. The number of ether oxygens (including phenoxy) is 2. The van der Waals surface area contributed by atoms with Crippen LogP contribution in [0.3, 0.4) is 0 Å². The summed E-state index contributed by atoms with van der Waals surface area (Å²) in [4.78, 5) is 21.6. The van der Waals surface area contributed by atoms with Gasteiger partial charge in [-0.25, -0.2) is 9.78 Å². The Labute approximate surface area is 230 Å². The van der Waals surface area contributed by atoms with Gasteiger partial charge < -0.3 is 20.3 Å². The average Bonchev–Trinajstić information content (AvgIpc) is 2.90. The molecule has 0 aliphatic carbocycles. The minimum absolute atomic E-state index is 0.0874. The molecule has 9 heteroatoms. The molecule has 0 saturated heterocycles. The zero-order valence-corrected chi connectivity index (χ0v) is 24.2. The fourth-order valence-electron chi connectivity index (χ4n) is 3.69. The molecular weight excluding hydrogens is 500 g/mol. The standard InChI is InChI=1S/C27H34N4O4S.C2H6/c1-6-22-24(23-17(4)9-7-10-18(23)5)29-27(30-25(22)35-15-20(28)14-34-16(2)3)31-36-21-12-8-11-19(13-21)26(32)33;1-2/h7-13,16,20H,6,14-15,28H2,1-5H3,(H,32,33)(H,29,30,31);1-2H3. The second kappa shape index (κ2) is 15.3. The number of aryl methyl sites for hydroxylation is 2. The lowest BCUT2D eigenvalue weighted by molar-refractivity contribution is 0.0582. The summed E-state index contributed by atoms with van der Waals surface area (Å²) in [5.74, 6) is -0.156. The maximum atomic E-state index is 11.3. The van der Waals surface area contributed by atoms with Gasteiger partial charge in [0.15, 0.2) is 0 Å².